The maximum Gasteiger partial charge on any atom is 0.235 e. The van der Waals surface area contributed by atoms with Gasteiger partial charge in [0.05, 0.1) is 11.1 Å². The summed E-state index contributed by atoms with van der Waals surface area (Å²) in [6.07, 6.45) is 0. The van der Waals surface area contributed by atoms with Gasteiger partial charge < -0.3 is 5.32 Å². The Hall–Kier alpha value is -1.55. The lowest BCUT2D eigenvalue weighted by Gasteiger charge is -2.09. The average molecular weight is 329 g/mol. The molecule has 0 unspecified atom stereocenters. The number of hydrogen-bond donors (Lipinski definition) is 1. The third-order valence-corrected chi connectivity index (χ3v) is 3.09. The van der Waals surface area contributed by atoms with E-state index in [1.54, 1.807) is 0 Å². The van der Waals surface area contributed by atoms with Gasteiger partial charge in [-0.05, 0) is 0 Å². The Morgan fingerprint density at radius 3 is 1.90 bits per heavy atom. The first kappa shape index (κ1) is 16.5. The maximum absolute atomic E-state index is 13.2. The van der Waals surface area contributed by atoms with Crippen molar-refractivity contribution in [2.24, 2.45) is 0 Å². The molecule has 1 rings (SSSR count). The molecule has 0 aliphatic carbocycles. The van der Waals surface area contributed by atoms with Crippen LogP contribution in [0.25, 0.3) is 0 Å². The molecule has 0 radical (unpaired) electrons. The largest absolute Gasteiger partial charge is 0.320 e. The second-order valence-electron chi connectivity index (χ2n) is 3.22. The normalized spacial score (nSPS) is 10.2. The van der Waals surface area contributed by atoms with Crippen LogP contribution in [-0.4, -0.2) is 22.1 Å². The maximum atomic E-state index is 13.2. The van der Waals surface area contributed by atoms with Crippen molar-refractivity contribution in [2.45, 2.75) is 0 Å². The smallest absolute Gasteiger partial charge is 0.235 e. The van der Waals surface area contributed by atoms with Gasteiger partial charge in [-0.15, -0.1) is 0 Å². The molecule has 0 spiro atoms. The summed E-state index contributed by atoms with van der Waals surface area (Å²) < 4.78 is 64.8. The molecule has 0 aromatic heterocycles. The van der Waals surface area contributed by atoms with E-state index in [4.69, 9.17) is 0 Å². The number of thioether (sulfide) groups is 1. The van der Waals surface area contributed by atoms with E-state index in [0.29, 0.717) is 11.8 Å². The summed E-state index contributed by atoms with van der Waals surface area (Å²) in [4.78, 5) is 22.0. The number of halogens is 5. The molecule has 0 aliphatic heterocycles. The fourth-order valence-corrected chi connectivity index (χ4v) is 1.68. The summed E-state index contributed by atoms with van der Waals surface area (Å²) in [5.41, 5.74) is -1.47. The van der Waals surface area contributed by atoms with Crippen molar-refractivity contribution < 1.29 is 31.5 Å². The molecule has 0 fully saturated rings. The number of hydrogen-bond acceptors (Lipinski definition) is 4. The van der Waals surface area contributed by atoms with Gasteiger partial charge in [-0.1, -0.05) is 24.0 Å². The van der Waals surface area contributed by atoms with Crippen LogP contribution in [0.1, 0.15) is 0 Å². The van der Waals surface area contributed by atoms with Crippen LogP contribution in [0.15, 0.2) is 0 Å². The summed E-state index contributed by atoms with van der Waals surface area (Å²) in [7, 11) is 0. The number of anilines is 1. The second-order valence-corrected chi connectivity index (χ2v) is 4.43. The molecular weight excluding hydrogens is 325 g/mol. The summed E-state index contributed by atoms with van der Waals surface area (Å²) in [5, 5.41) is 1.58. The predicted molar refractivity (Wildman–Crippen MR) is 66.0 cm³/mol. The number of rotatable bonds is 4. The molecule has 0 bridgehead atoms. The minimum Gasteiger partial charge on any atom is -0.320 e. The molecule has 0 saturated carbocycles. The van der Waals surface area contributed by atoms with Crippen molar-refractivity contribution in [3.05, 3.63) is 29.1 Å². The molecule has 0 heterocycles. The Bertz CT molecular complexity index is 564. The molecule has 1 N–H and O–H groups in total. The first-order valence-electron chi connectivity index (χ1n) is 4.72. The number of nitrogens with one attached hydrogen (secondary N) is 1. The molecule has 0 aliphatic rings. The Morgan fingerprint density at radius 2 is 1.45 bits per heavy atom. The van der Waals surface area contributed by atoms with Crippen LogP contribution in [-0.2, 0) is 9.59 Å². The number of benzene rings is 1. The van der Waals surface area contributed by atoms with E-state index in [0.717, 1.165) is 5.37 Å². The van der Waals surface area contributed by atoms with Gasteiger partial charge in [-0.3, -0.25) is 9.59 Å². The van der Waals surface area contributed by atoms with Crippen molar-refractivity contribution in [3.63, 3.8) is 0 Å². The summed E-state index contributed by atoms with van der Waals surface area (Å²) in [5.74, 6) is -12.7. The lowest BCUT2D eigenvalue weighted by atomic mass is 10.2. The van der Waals surface area contributed by atoms with E-state index >= 15 is 0 Å². The molecule has 0 atom stereocenters. The van der Waals surface area contributed by atoms with Gasteiger partial charge in [0.2, 0.25) is 16.8 Å². The highest BCUT2D eigenvalue weighted by Crippen LogP contribution is 2.27. The molecule has 0 saturated heterocycles. The summed E-state index contributed by atoms with van der Waals surface area (Å²) >= 11 is 4.67. The van der Waals surface area contributed by atoms with Gasteiger partial charge in [0.15, 0.2) is 23.3 Å². The Kier molecular flexibility index (Phi) is 5.57. The fraction of sp³-hybridized carbons (Fsp3) is 0.100. The topological polar surface area (TPSA) is 46.2 Å². The minimum absolute atomic E-state index is 0.410. The molecule has 1 amide bonds. The third kappa shape index (κ3) is 3.51. The van der Waals surface area contributed by atoms with E-state index in [9.17, 15) is 31.5 Å². The van der Waals surface area contributed by atoms with E-state index in [1.165, 1.54) is 5.32 Å². The van der Waals surface area contributed by atoms with Crippen LogP contribution >= 0.6 is 24.0 Å². The monoisotopic (exact) mass is 329 g/mol. The predicted octanol–water partition coefficient (Wildman–Crippen LogP) is 2.58. The number of carbonyl (C=O) groups excluding carboxylic acids is 2. The Morgan fingerprint density at radius 1 is 1.00 bits per heavy atom. The average Bonchev–Trinajstić information content (AvgIpc) is 2.44. The third-order valence-electron chi connectivity index (χ3n) is 1.92. The molecule has 108 valence electrons. The van der Waals surface area contributed by atoms with Gasteiger partial charge in [-0.2, -0.15) is 0 Å². The van der Waals surface area contributed by atoms with Crippen LogP contribution in [0, 0.1) is 29.1 Å². The highest BCUT2D eigenvalue weighted by atomic mass is 32.2. The van der Waals surface area contributed by atoms with Crippen molar-refractivity contribution in [1.29, 1.82) is 0 Å². The van der Waals surface area contributed by atoms with Gasteiger partial charge >= 0.3 is 0 Å². The first-order valence-corrected chi connectivity index (χ1v) is 6.18. The van der Waals surface area contributed by atoms with Crippen molar-refractivity contribution in [2.75, 3.05) is 11.1 Å². The fourth-order valence-electron chi connectivity index (χ4n) is 1.06. The number of amides is 1. The zero-order valence-electron chi connectivity index (χ0n) is 9.31. The van der Waals surface area contributed by atoms with Crippen molar-refractivity contribution in [1.82, 2.24) is 0 Å². The van der Waals surface area contributed by atoms with Crippen LogP contribution in [0.5, 0.6) is 0 Å². The zero-order chi connectivity index (χ0) is 15.4. The van der Waals surface area contributed by atoms with Crippen LogP contribution in [0.4, 0.5) is 27.6 Å². The molecule has 3 nitrogen and oxygen atoms in total. The highest BCUT2D eigenvalue weighted by molar-refractivity contribution is 8.17. The lowest BCUT2D eigenvalue weighted by molar-refractivity contribution is -0.114. The van der Waals surface area contributed by atoms with Crippen molar-refractivity contribution >= 4 is 46.1 Å². The molecular formula is C10H4F5NO2S2. The SMILES string of the molecule is O=C(CSC(=O)C=S)Nc1c(F)c(F)c(F)c(F)c1F. The Balaban J connectivity index is 2.96. The Labute approximate surface area is 118 Å². The molecule has 1 aromatic carbocycles. The van der Waals surface area contributed by atoms with E-state index < -0.39 is 51.5 Å². The molecule has 20 heavy (non-hydrogen) atoms. The highest BCUT2D eigenvalue weighted by Gasteiger charge is 2.26. The quantitative estimate of drug-likeness (QED) is 0.399. The van der Waals surface area contributed by atoms with Gasteiger partial charge in [-0.25, -0.2) is 22.0 Å². The minimum atomic E-state index is -2.33. The first-order chi connectivity index (χ1) is 9.29. The van der Waals surface area contributed by atoms with Gasteiger partial charge in [0, 0.05) is 0 Å². The van der Waals surface area contributed by atoms with E-state index in [1.807, 2.05) is 0 Å². The van der Waals surface area contributed by atoms with Gasteiger partial charge in [0.1, 0.15) is 5.69 Å². The van der Waals surface area contributed by atoms with Crippen LogP contribution < -0.4 is 5.32 Å². The summed E-state index contributed by atoms with van der Waals surface area (Å²) in [6, 6.07) is 0. The van der Waals surface area contributed by atoms with Crippen LogP contribution in [0.2, 0.25) is 0 Å². The number of thiocarbonyl (C=S) groups is 1. The zero-order valence-corrected chi connectivity index (χ0v) is 10.9. The lowest BCUT2D eigenvalue weighted by Crippen LogP contribution is -2.19. The van der Waals surface area contributed by atoms with E-state index in [2.05, 4.69) is 12.2 Å². The van der Waals surface area contributed by atoms with Gasteiger partial charge in [0.25, 0.3) is 0 Å². The van der Waals surface area contributed by atoms with Crippen LogP contribution in [0.3, 0.4) is 0 Å². The van der Waals surface area contributed by atoms with Crippen molar-refractivity contribution in [3.8, 4) is 0 Å². The molecule has 10 heteroatoms. The van der Waals surface area contributed by atoms with E-state index in [-0.39, 0.29) is 0 Å². The summed E-state index contributed by atoms with van der Waals surface area (Å²) in [6.45, 7) is 0. The number of carbonyl (C=O) groups is 2. The second kappa shape index (κ2) is 6.75. The molecule has 1 aromatic rings. The standard InChI is InChI=1S/C10H4F5NO2S2/c11-5-6(12)8(14)10(9(15)7(5)13)16-3(17)2-20-4(18)1-19/h1H,2H2,(H,16,17).